The Bertz CT molecular complexity index is 568. The first kappa shape index (κ1) is 12.1. The molecular formula is C11H11ClN2O2S. The molecule has 0 amide bonds. The van der Waals surface area contributed by atoms with Crippen molar-refractivity contribution in [3.63, 3.8) is 0 Å². The number of aromatic carboxylic acids is 1. The smallest absolute Gasteiger partial charge is 0.337 e. The van der Waals surface area contributed by atoms with Crippen LogP contribution in [0, 0.1) is 0 Å². The number of carboxylic acids is 1. The van der Waals surface area contributed by atoms with Gasteiger partial charge in [-0.3, -0.25) is 0 Å². The number of hydrogen-bond donors (Lipinski definition) is 2. The highest BCUT2D eigenvalue weighted by Gasteiger charge is 2.12. The van der Waals surface area contributed by atoms with E-state index in [1.165, 1.54) is 17.4 Å². The topological polar surface area (TPSA) is 62.2 Å². The maximum atomic E-state index is 10.9. The first-order chi connectivity index (χ1) is 8.11. The lowest BCUT2D eigenvalue weighted by atomic mass is 10.2. The van der Waals surface area contributed by atoms with Gasteiger partial charge < -0.3 is 10.4 Å². The van der Waals surface area contributed by atoms with E-state index >= 15 is 0 Å². The molecule has 1 heterocycles. The molecule has 0 unspecified atom stereocenters. The third-order valence-corrected chi connectivity index (χ3v) is 3.52. The molecule has 1 aromatic heterocycles. The molecule has 0 radical (unpaired) electrons. The van der Waals surface area contributed by atoms with Crippen LogP contribution in [0.4, 0.5) is 5.13 Å². The zero-order valence-corrected chi connectivity index (χ0v) is 10.7. The first-order valence-electron chi connectivity index (χ1n) is 5.19. The highest BCUT2D eigenvalue weighted by molar-refractivity contribution is 7.22. The van der Waals surface area contributed by atoms with Crippen molar-refractivity contribution in [3.8, 4) is 0 Å². The minimum Gasteiger partial charge on any atom is -0.478 e. The van der Waals surface area contributed by atoms with E-state index in [1.807, 2.05) is 0 Å². The normalized spacial score (nSPS) is 10.7. The molecule has 0 saturated carbocycles. The fraction of sp³-hybridized carbons (Fsp3) is 0.273. The van der Waals surface area contributed by atoms with Crippen LogP contribution in [0.15, 0.2) is 12.1 Å². The van der Waals surface area contributed by atoms with E-state index in [-0.39, 0.29) is 10.6 Å². The minimum atomic E-state index is -1.03. The van der Waals surface area contributed by atoms with Crippen molar-refractivity contribution in [2.24, 2.45) is 0 Å². The van der Waals surface area contributed by atoms with Crippen LogP contribution in [-0.4, -0.2) is 22.6 Å². The largest absolute Gasteiger partial charge is 0.478 e. The minimum absolute atomic E-state index is 0.0894. The van der Waals surface area contributed by atoms with Crippen molar-refractivity contribution in [2.75, 3.05) is 11.9 Å². The molecule has 17 heavy (non-hydrogen) atoms. The van der Waals surface area contributed by atoms with Gasteiger partial charge in [0.25, 0.3) is 0 Å². The first-order valence-corrected chi connectivity index (χ1v) is 6.38. The van der Waals surface area contributed by atoms with Crippen molar-refractivity contribution < 1.29 is 9.90 Å². The Kier molecular flexibility index (Phi) is 3.49. The SMILES string of the molecule is CCCNc1nc2cc(C(=O)O)c(Cl)cc2s1. The Morgan fingerprint density at radius 2 is 2.35 bits per heavy atom. The van der Waals surface area contributed by atoms with Gasteiger partial charge in [0.2, 0.25) is 0 Å². The van der Waals surface area contributed by atoms with Crippen LogP contribution in [0.1, 0.15) is 23.7 Å². The van der Waals surface area contributed by atoms with Gasteiger partial charge in [0, 0.05) is 6.54 Å². The predicted octanol–water partition coefficient (Wildman–Crippen LogP) is 3.47. The Morgan fingerprint density at radius 3 is 3.00 bits per heavy atom. The van der Waals surface area contributed by atoms with E-state index in [2.05, 4.69) is 17.2 Å². The molecule has 0 aliphatic carbocycles. The monoisotopic (exact) mass is 270 g/mol. The van der Waals surface area contributed by atoms with Gasteiger partial charge >= 0.3 is 5.97 Å². The number of hydrogen-bond acceptors (Lipinski definition) is 4. The fourth-order valence-corrected chi connectivity index (χ4v) is 2.64. The molecule has 0 bridgehead atoms. The molecule has 0 spiro atoms. The second-order valence-electron chi connectivity index (χ2n) is 3.55. The van der Waals surface area contributed by atoms with E-state index in [0.717, 1.165) is 22.8 Å². The molecule has 4 nitrogen and oxygen atoms in total. The lowest BCUT2D eigenvalue weighted by Crippen LogP contribution is -1.98. The summed E-state index contributed by atoms with van der Waals surface area (Å²) in [6, 6.07) is 3.16. The summed E-state index contributed by atoms with van der Waals surface area (Å²) in [4.78, 5) is 15.2. The number of nitrogens with zero attached hydrogens (tertiary/aromatic N) is 1. The predicted molar refractivity (Wildman–Crippen MR) is 70.4 cm³/mol. The average Bonchev–Trinajstić information content (AvgIpc) is 2.66. The highest BCUT2D eigenvalue weighted by Crippen LogP contribution is 2.30. The second kappa shape index (κ2) is 4.89. The number of carboxylic acid groups (broad SMARTS) is 1. The summed E-state index contributed by atoms with van der Waals surface area (Å²) in [5.74, 6) is -1.03. The van der Waals surface area contributed by atoms with Gasteiger partial charge in [-0.1, -0.05) is 29.9 Å². The van der Waals surface area contributed by atoms with Crippen LogP contribution in [0.25, 0.3) is 10.2 Å². The zero-order chi connectivity index (χ0) is 12.4. The van der Waals surface area contributed by atoms with Gasteiger partial charge in [-0.15, -0.1) is 0 Å². The van der Waals surface area contributed by atoms with Gasteiger partial charge in [-0.25, -0.2) is 9.78 Å². The number of benzene rings is 1. The Hall–Kier alpha value is -1.33. The third kappa shape index (κ3) is 2.50. The maximum Gasteiger partial charge on any atom is 0.337 e. The summed E-state index contributed by atoms with van der Waals surface area (Å²) < 4.78 is 0.888. The number of nitrogens with one attached hydrogen (secondary N) is 1. The molecule has 2 N–H and O–H groups in total. The lowest BCUT2D eigenvalue weighted by Gasteiger charge is -1.97. The van der Waals surface area contributed by atoms with Crippen molar-refractivity contribution in [2.45, 2.75) is 13.3 Å². The summed E-state index contributed by atoms with van der Waals surface area (Å²) in [5.41, 5.74) is 0.752. The van der Waals surface area contributed by atoms with Gasteiger partial charge in [-0.2, -0.15) is 0 Å². The van der Waals surface area contributed by atoms with Gasteiger partial charge in [0.05, 0.1) is 20.8 Å². The quantitative estimate of drug-likeness (QED) is 0.893. The second-order valence-corrected chi connectivity index (χ2v) is 4.99. The molecule has 1 aromatic carbocycles. The van der Waals surface area contributed by atoms with Crippen LogP contribution in [0.3, 0.4) is 0 Å². The van der Waals surface area contributed by atoms with Gasteiger partial charge in [0.1, 0.15) is 0 Å². The van der Waals surface area contributed by atoms with Crippen molar-refractivity contribution in [1.82, 2.24) is 4.98 Å². The number of carbonyl (C=O) groups is 1. The summed E-state index contributed by atoms with van der Waals surface area (Å²) in [7, 11) is 0. The number of thiazole rings is 1. The molecule has 0 aliphatic rings. The summed E-state index contributed by atoms with van der Waals surface area (Å²) in [6.07, 6.45) is 1.01. The summed E-state index contributed by atoms with van der Waals surface area (Å²) >= 11 is 7.36. The lowest BCUT2D eigenvalue weighted by molar-refractivity contribution is 0.0697. The molecule has 0 fully saturated rings. The Labute approximate surface area is 107 Å². The van der Waals surface area contributed by atoms with Crippen LogP contribution in [0.5, 0.6) is 0 Å². The van der Waals surface area contributed by atoms with Crippen LogP contribution >= 0.6 is 22.9 Å². The van der Waals surface area contributed by atoms with Crippen LogP contribution < -0.4 is 5.32 Å². The molecule has 0 aliphatic heterocycles. The number of aromatic nitrogens is 1. The van der Waals surface area contributed by atoms with E-state index < -0.39 is 5.97 Å². The van der Waals surface area contributed by atoms with E-state index in [4.69, 9.17) is 16.7 Å². The Morgan fingerprint density at radius 1 is 1.59 bits per heavy atom. The fourth-order valence-electron chi connectivity index (χ4n) is 1.42. The van der Waals surface area contributed by atoms with Crippen LogP contribution in [0.2, 0.25) is 5.02 Å². The molecule has 0 saturated heterocycles. The van der Waals surface area contributed by atoms with Gasteiger partial charge in [-0.05, 0) is 18.6 Å². The number of fused-ring (bicyclic) bond motifs is 1. The number of anilines is 1. The molecule has 2 aromatic rings. The molecule has 0 atom stereocenters. The van der Waals surface area contributed by atoms with Gasteiger partial charge in [0.15, 0.2) is 5.13 Å². The van der Waals surface area contributed by atoms with Crippen molar-refractivity contribution in [3.05, 3.63) is 22.7 Å². The van der Waals surface area contributed by atoms with Crippen molar-refractivity contribution >= 4 is 44.3 Å². The van der Waals surface area contributed by atoms with Crippen molar-refractivity contribution in [1.29, 1.82) is 0 Å². The standard InChI is InChI=1S/C11H11ClN2O2S/c1-2-3-13-11-14-8-4-6(10(15)16)7(12)5-9(8)17-11/h4-5H,2-3H2,1H3,(H,13,14)(H,15,16). The third-order valence-electron chi connectivity index (χ3n) is 2.23. The average molecular weight is 271 g/mol. The summed E-state index contributed by atoms with van der Waals surface area (Å²) in [5, 5.41) is 13.2. The molecule has 90 valence electrons. The maximum absolute atomic E-state index is 10.9. The molecular weight excluding hydrogens is 260 g/mol. The number of rotatable bonds is 4. The van der Waals surface area contributed by atoms with Crippen LogP contribution in [-0.2, 0) is 0 Å². The van der Waals surface area contributed by atoms with E-state index in [0.29, 0.717) is 5.52 Å². The molecule has 2 rings (SSSR count). The van der Waals surface area contributed by atoms with E-state index in [9.17, 15) is 4.79 Å². The summed E-state index contributed by atoms with van der Waals surface area (Å²) in [6.45, 7) is 2.92. The number of halogens is 1. The molecule has 6 heteroatoms. The van der Waals surface area contributed by atoms with E-state index in [1.54, 1.807) is 6.07 Å². The zero-order valence-electron chi connectivity index (χ0n) is 9.16. The highest BCUT2D eigenvalue weighted by atomic mass is 35.5. The Balaban J connectivity index is 2.43.